The second-order valence-electron chi connectivity index (χ2n) is 4.63. The number of aliphatic hydroxyl groups is 1. The van der Waals surface area contributed by atoms with Crippen molar-refractivity contribution in [2.24, 2.45) is 0 Å². The van der Waals surface area contributed by atoms with E-state index in [1.54, 1.807) is 0 Å². The fourth-order valence-corrected chi connectivity index (χ4v) is 2.68. The summed E-state index contributed by atoms with van der Waals surface area (Å²) in [4.78, 5) is 2.34. The van der Waals surface area contributed by atoms with Crippen LogP contribution in [-0.2, 0) is 4.74 Å². The highest BCUT2D eigenvalue weighted by molar-refractivity contribution is 4.86. The molecule has 3 nitrogen and oxygen atoms in total. The largest absolute Gasteiger partial charge is 0.389 e. The van der Waals surface area contributed by atoms with Crippen molar-refractivity contribution in [3.8, 4) is 0 Å². The van der Waals surface area contributed by atoms with Crippen molar-refractivity contribution >= 4 is 0 Å². The van der Waals surface area contributed by atoms with E-state index in [9.17, 15) is 5.11 Å². The molecule has 0 bridgehead atoms. The summed E-state index contributed by atoms with van der Waals surface area (Å²) in [7, 11) is 2.14. The van der Waals surface area contributed by atoms with E-state index in [1.165, 1.54) is 32.1 Å². The molecule has 2 rings (SSSR count). The van der Waals surface area contributed by atoms with E-state index in [0.717, 1.165) is 0 Å². The maximum absolute atomic E-state index is 9.72. The second-order valence-corrected chi connectivity index (χ2v) is 4.63. The van der Waals surface area contributed by atoms with E-state index >= 15 is 0 Å². The summed E-state index contributed by atoms with van der Waals surface area (Å²) in [5.41, 5.74) is 0. The van der Waals surface area contributed by atoms with Crippen LogP contribution >= 0.6 is 0 Å². The van der Waals surface area contributed by atoms with Crippen LogP contribution in [0.3, 0.4) is 0 Å². The zero-order chi connectivity index (χ0) is 9.97. The van der Waals surface area contributed by atoms with Gasteiger partial charge in [-0.15, -0.1) is 0 Å². The Balaban J connectivity index is 1.89. The molecule has 1 saturated carbocycles. The highest BCUT2D eigenvalue weighted by Crippen LogP contribution is 2.25. The summed E-state index contributed by atoms with van der Waals surface area (Å²) in [6.45, 7) is 1.22. The Hall–Kier alpha value is -0.120. The minimum Gasteiger partial charge on any atom is -0.389 e. The highest BCUT2D eigenvalue weighted by Gasteiger charge is 2.33. The van der Waals surface area contributed by atoms with Gasteiger partial charge in [0.2, 0.25) is 0 Å². The summed E-state index contributed by atoms with van der Waals surface area (Å²) in [6, 6.07) is 0.906. The third kappa shape index (κ3) is 2.10. The molecular weight excluding hydrogens is 178 g/mol. The fraction of sp³-hybridized carbons (Fsp3) is 1.00. The van der Waals surface area contributed by atoms with Gasteiger partial charge in [0.25, 0.3) is 0 Å². The summed E-state index contributed by atoms with van der Waals surface area (Å²) >= 11 is 0. The van der Waals surface area contributed by atoms with Crippen LogP contribution in [0.2, 0.25) is 0 Å². The van der Waals surface area contributed by atoms with Gasteiger partial charge in [-0.2, -0.15) is 0 Å². The topological polar surface area (TPSA) is 32.7 Å². The predicted molar refractivity (Wildman–Crippen MR) is 55.2 cm³/mol. The van der Waals surface area contributed by atoms with Crippen molar-refractivity contribution in [2.45, 2.75) is 50.3 Å². The monoisotopic (exact) mass is 199 g/mol. The van der Waals surface area contributed by atoms with Gasteiger partial charge in [0.15, 0.2) is 0 Å². The Kier molecular flexibility index (Phi) is 3.42. The fourth-order valence-electron chi connectivity index (χ4n) is 2.68. The average molecular weight is 199 g/mol. The number of rotatable bonds is 2. The zero-order valence-corrected chi connectivity index (χ0v) is 8.98. The van der Waals surface area contributed by atoms with Crippen molar-refractivity contribution in [1.29, 1.82) is 0 Å². The molecule has 2 aliphatic rings. The second kappa shape index (κ2) is 4.60. The van der Waals surface area contributed by atoms with Gasteiger partial charge in [-0.05, 0) is 19.9 Å². The number of likely N-dealkylation sites (N-methyl/N-ethyl adjacent to an activating group) is 1. The van der Waals surface area contributed by atoms with E-state index in [4.69, 9.17) is 4.74 Å². The minimum absolute atomic E-state index is 0.234. The van der Waals surface area contributed by atoms with E-state index in [2.05, 4.69) is 11.9 Å². The third-order valence-electron chi connectivity index (χ3n) is 3.70. The van der Waals surface area contributed by atoms with E-state index in [-0.39, 0.29) is 12.1 Å². The molecule has 2 fully saturated rings. The number of ether oxygens (including phenoxy) is 1. The van der Waals surface area contributed by atoms with Gasteiger partial charge in [-0.25, -0.2) is 0 Å². The van der Waals surface area contributed by atoms with Crippen LogP contribution in [0.25, 0.3) is 0 Å². The Bertz CT molecular complexity index is 180. The predicted octanol–water partition coefficient (Wildman–Crippen LogP) is 1.01. The first-order valence-corrected chi connectivity index (χ1v) is 5.77. The molecule has 82 valence electrons. The summed E-state index contributed by atoms with van der Waals surface area (Å²) < 4.78 is 5.29. The van der Waals surface area contributed by atoms with Crippen molar-refractivity contribution in [2.75, 3.05) is 20.3 Å². The lowest BCUT2D eigenvalue weighted by Gasteiger charge is -2.35. The Morgan fingerprint density at radius 1 is 1.14 bits per heavy atom. The first kappa shape index (κ1) is 10.4. The van der Waals surface area contributed by atoms with E-state index in [1.807, 2.05) is 0 Å². The lowest BCUT2D eigenvalue weighted by Crippen LogP contribution is -2.46. The van der Waals surface area contributed by atoms with Gasteiger partial charge >= 0.3 is 0 Å². The molecule has 14 heavy (non-hydrogen) atoms. The van der Waals surface area contributed by atoms with Crippen molar-refractivity contribution in [3.63, 3.8) is 0 Å². The molecular formula is C11H21NO2. The SMILES string of the molecule is CN(C1CCCCC1)C1COCC1O. The van der Waals surface area contributed by atoms with E-state index in [0.29, 0.717) is 19.3 Å². The molecule has 0 spiro atoms. The quantitative estimate of drug-likeness (QED) is 0.720. The van der Waals surface area contributed by atoms with Gasteiger partial charge < -0.3 is 9.84 Å². The summed E-state index contributed by atoms with van der Waals surface area (Å²) in [6.07, 6.45) is 6.38. The molecule has 2 atom stereocenters. The minimum atomic E-state index is -0.276. The van der Waals surface area contributed by atoms with Gasteiger partial charge in [-0.3, -0.25) is 4.90 Å². The van der Waals surface area contributed by atoms with Crippen molar-refractivity contribution in [1.82, 2.24) is 4.90 Å². The van der Waals surface area contributed by atoms with Gasteiger partial charge in [0, 0.05) is 6.04 Å². The number of hydrogen-bond donors (Lipinski definition) is 1. The molecule has 1 saturated heterocycles. The van der Waals surface area contributed by atoms with Gasteiger partial charge in [0.1, 0.15) is 0 Å². The van der Waals surface area contributed by atoms with Crippen molar-refractivity contribution in [3.05, 3.63) is 0 Å². The van der Waals surface area contributed by atoms with Crippen LogP contribution in [0.15, 0.2) is 0 Å². The average Bonchev–Trinajstić information content (AvgIpc) is 2.65. The molecule has 2 unspecified atom stereocenters. The van der Waals surface area contributed by atoms with E-state index < -0.39 is 0 Å². The maximum atomic E-state index is 9.72. The number of aliphatic hydroxyl groups excluding tert-OH is 1. The van der Waals surface area contributed by atoms with Crippen LogP contribution < -0.4 is 0 Å². The van der Waals surface area contributed by atoms with Gasteiger partial charge in [-0.1, -0.05) is 19.3 Å². The molecule has 1 N–H and O–H groups in total. The standard InChI is InChI=1S/C11H21NO2/c1-12(9-5-3-2-4-6-9)10-7-14-8-11(10)13/h9-11,13H,2-8H2,1H3. The molecule has 3 heteroatoms. The number of hydrogen-bond acceptors (Lipinski definition) is 3. The molecule has 1 aliphatic carbocycles. The summed E-state index contributed by atoms with van der Waals surface area (Å²) in [5, 5.41) is 9.72. The van der Waals surface area contributed by atoms with Crippen LogP contribution in [0.4, 0.5) is 0 Å². The molecule has 1 aliphatic heterocycles. The van der Waals surface area contributed by atoms with Crippen LogP contribution in [0.1, 0.15) is 32.1 Å². The van der Waals surface area contributed by atoms with Crippen LogP contribution in [0.5, 0.6) is 0 Å². The first-order valence-electron chi connectivity index (χ1n) is 5.77. The Morgan fingerprint density at radius 2 is 1.86 bits per heavy atom. The molecule has 0 aromatic heterocycles. The zero-order valence-electron chi connectivity index (χ0n) is 8.98. The summed E-state index contributed by atoms with van der Waals surface area (Å²) in [5.74, 6) is 0. The Morgan fingerprint density at radius 3 is 2.43 bits per heavy atom. The number of nitrogens with zero attached hydrogens (tertiary/aromatic N) is 1. The highest BCUT2D eigenvalue weighted by atomic mass is 16.5. The smallest absolute Gasteiger partial charge is 0.0950 e. The molecule has 0 aromatic carbocycles. The molecule has 0 aromatic rings. The molecule has 0 amide bonds. The third-order valence-corrected chi connectivity index (χ3v) is 3.70. The molecule has 1 heterocycles. The van der Waals surface area contributed by atoms with Gasteiger partial charge in [0.05, 0.1) is 25.4 Å². The lowest BCUT2D eigenvalue weighted by molar-refractivity contribution is 0.0606. The Labute approximate surface area is 86.0 Å². The van der Waals surface area contributed by atoms with Crippen LogP contribution in [0, 0.1) is 0 Å². The van der Waals surface area contributed by atoms with Crippen molar-refractivity contribution < 1.29 is 9.84 Å². The maximum Gasteiger partial charge on any atom is 0.0950 e. The lowest BCUT2D eigenvalue weighted by atomic mass is 9.93. The normalized spacial score (nSPS) is 35.4. The van der Waals surface area contributed by atoms with Crippen LogP contribution in [-0.4, -0.2) is 48.5 Å². The first-order chi connectivity index (χ1) is 6.79. The molecule has 0 radical (unpaired) electrons.